The van der Waals surface area contributed by atoms with Crippen molar-refractivity contribution in [3.8, 4) is 0 Å². The molecule has 1 aromatic carbocycles. The van der Waals surface area contributed by atoms with Gasteiger partial charge < -0.3 is 10.0 Å². The fourth-order valence-corrected chi connectivity index (χ4v) is 3.53. The average molecular weight is 326 g/mol. The van der Waals surface area contributed by atoms with Crippen LogP contribution in [0.2, 0.25) is 0 Å². The first-order valence-corrected chi connectivity index (χ1v) is 8.32. The third kappa shape index (κ3) is 3.28. The first-order chi connectivity index (χ1) is 10.1. The maximum absolute atomic E-state index is 12.1. The Morgan fingerprint density at radius 2 is 1.86 bits per heavy atom. The van der Waals surface area contributed by atoms with Crippen molar-refractivity contribution < 1.29 is 23.1 Å². The Balaban J connectivity index is 2.41. The van der Waals surface area contributed by atoms with Crippen molar-refractivity contribution in [3.63, 3.8) is 0 Å². The number of aliphatic carboxylic acids is 1. The number of carboxylic acids is 1. The van der Waals surface area contributed by atoms with Crippen molar-refractivity contribution in [3.05, 3.63) is 34.9 Å². The predicted octanol–water partition coefficient (Wildman–Crippen LogP) is 0.319. The molecular weight excluding hydrogens is 308 g/mol. The summed E-state index contributed by atoms with van der Waals surface area (Å²) < 4.78 is 22.8. The number of benzene rings is 1. The number of primary sulfonamides is 1. The van der Waals surface area contributed by atoms with E-state index in [1.807, 2.05) is 19.9 Å². The Hall–Kier alpha value is -1.93. The van der Waals surface area contributed by atoms with Gasteiger partial charge in [0.25, 0.3) is 0 Å². The summed E-state index contributed by atoms with van der Waals surface area (Å²) in [6.45, 7) is 3.45. The third-order valence-electron chi connectivity index (χ3n) is 3.69. The van der Waals surface area contributed by atoms with E-state index in [9.17, 15) is 23.1 Å². The van der Waals surface area contributed by atoms with Crippen LogP contribution in [-0.2, 0) is 19.6 Å². The molecule has 22 heavy (non-hydrogen) atoms. The monoisotopic (exact) mass is 326 g/mol. The number of nitrogens with zero attached hydrogens (tertiary/aromatic N) is 1. The summed E-state index contributed by atoms with van der Waals surface area (Å²) in [6.07, 6.45) is -0.284. The number of nitrogens with two attached hydrogens (primary N) is 1. The number of likely N-dealkylation sites (tertiary alicyclic amines) is 1. The van der Waals surface area contributed by atoms with Gasteiger partial charge in [0.2, 0.25) is 15.9 Å². The number of carboxylic acid groups (broad SMARTS) is 1. The second-order valence-electron chi connectivity index (χ2n) is 5.62. The number of carbonyl (C=O) groups is 2. The largest absolute Gasteiger partial charge is 0.479 e. The molecule has 2 atom stereocenters. The van der Waals surface area contributed by atoms with Gasteiger partial charge in [0.1, 0.15) is 5.25 Å². The van der Waals surface area contributed by atoms with Crippen LogP contribution in [0.25, 0.3) is 0 Å². The molecule has 0 spiro atoms. The summed E-state index contributed by atoms with van der Waals surface area (Å²) in [5, 5.41) is 13.5. The molecule has 0 bridgehead atoms. The Kier molecular flexibility index (Phi) is 4.25. The van der Waals surface area contributed by atoms with Crippen molar-refractivity contribution >= 4 is 21.9 Å². The number of amides is 1. The van der Waals surface area contributed by atoms with Crippen molar-refractivity contribution in [1.82, 2.24) is 4.90 Å². The molecule has 1 aliphatic rings. The van der Waals surface area contributed by atoms with E-state index in [4.69, 9.17) is 5.14 Å². The van der Waals surface area contributed by atoms with Crippen LogP contribution in [0.15, 0.2) is 18.2 Å². The molecule has 1 amide bonds. The van der Waals surface area contributed by atoms with Crippen LogP contribution < -0.4 is 5.14 Å². The number of aryl methyl sites for hydroxylation is 2. The van der Waals surface area contributed by atoms with E-state index in [0.717, 1.165) is 16.0 Å². The highest BCUT2D eigenvalue weighted by Crippen LogP contribution is 2.29. The molecule has 0 saturated carbocycles. The Labute approximate surface area is 128 Å². The molecule has 7 nitrogen and oxygen atoms in total. The van der Waals surface area contributed by atoms with E-state index in [1.165, 1.54) is 0 Å². The van der Waals surface area contributed by atoms with Crippen molar-refractivity contribution in [2.24, 2.45) is 5.14 Å². The van der Waals surface area contributed by atoms with Gasteiger partial charge in [-0.15, -0.1) is 0 Å². The highest BCUT2D eigenvalue weighted by molar-refractivity contribution is 7.89. The summed E-state index contributed by atoms with van der Waals surface area (Å²) in [4.78, 5) is 24.8. The number of carbonyl (C=O) groups excluding carboxylic acids is 1. The highest BCUT2D eigenvalue weighted by Gasteiger charge is 2.42. The van der Waals surface area contributed by atoms with Gasteiger partial charge in [0, 0.05) is 13.0 Å². The fraction of sp³-hybridized carbons (Fsp3) is 0.429. The zero-order valence-electron chi connectivity index (χ0n) is 12.3. The molecular formula is C14H18N2O5S. The summed E-state index contributed by atoms with van der Waals surface area (Å²) in [5.41, 5.74) is 2.19. The molecule has 2 rings (SSSR count). The van der Waals surface area contributed by atoms with Crippen molar-refractivity contribution in [2.75, 3.05) is 6.54 Å². The van der Waals surface area contributed by atoms with Crippen molar-refractivity contribution in [1.29, 1.82) is 0 Å². The van der Waals surface area contributed by atoms with E-state index in [2.05, 4.69) is 0 Å². The predicted molar refractivity (Wildman–Crippen MR) is 79.5 cm³/mol. The molecule has 1 aliphatic heterocycles. The fourth-order valence-electron chi connectivity index (χ4n) is 2.79. The molecule has 0 aromatic heterocycles. The Bertz CT molecular complexity index is 708. The molecule has 3 N–H and O–H groups in total. The second kappa shape index (κ2) is 5.69. The summed E-state index contributed by atoms with van der Waals surface area (Å²) in [5.74, 6) is -1.72. The van der Waals surface area contributed by atoms with Gasteiger partial charge in [-0.2, -0.15) is 0 Å². The molecule has 1 fully saturated rings. The summed E-state index contributed by atoms with van der Waals surface area (Å²) in [6, 6.07) is 4.05. The maximum atomic E-state index is 12.1. The average Bonchev–Trinajstić information content (AvgIpc) is 2.70. The molecule has 0 aliphatic carbocycles. The van der Waals surface area contributed by atoms with Crippen LogP contribution in [0.4, 0.5) is 0 Å². The van der Waals surface area contributed by atoms with E-state index in [0.29, 0.717) is 5.56 Å². The molecule has 1 aromatic rings. The van der Waals surface area contributed by atoms with E-state index in [1.54, 1.807) is 12.1 Å². The van der Waals surface area contributed by atoms with E-state index in [-0.39, 0.29) is 13.0 Å². The third-order valence-corrected chi connectivity index (χ3v) is 4.94. The van der Waals surface area contributed by atoms with Crippen LogP contribution in [0.5, 0.6) is 0 Å². The lowest BCUT2D eigenvalue weighted by atomic mass is 10.0. The lowest BCUT2D eigenvalue weighted by Crippen LogP contribution is -2.37. The Morgan fingerprint density at radius 3 is 2.27 bits per heavy atom. The van der Waals surface area contributed by atoms with E-state index < -0.39 is 33.2 Å². The van der Waals surface area contributed by atoms with Crippen LogP contribution in [-0.4, -0.2) is 42.1 Å². The molecule has 120 valence electrons. The molecule has 2 unspecified atom stereocenters. The van der Waals surface area contributed by atoms with Gasteiger partial charge in [-0.3, -0.25) is 4.79 Å². The first-order valence-electron chi connectivity index (χ1n) is 6.71. The van der Waals surface area contributed by atoms with Crippen LogP contribution in [0.1, 0.15) is 29.2 Å². The first kappa shape index (κ1) is 16.4. The van der Waals surface area contributed by atoms with Gasteiger partial charge in [0.15, 0.2) is 6.04 Å². The topological polar surface area (TPSA) is 118 Å². The normalized spacial score (nSPS) is 20.2. The number of hydrogen-bond donors (Lipinski definition) is 2. The zero-order chi connectivity index (χ0) is 16.7. The number of hydrogen-bond acceptors (Lipinski definition) is 4. The maximum Gasteiger partial charge on any atom is 0.331 e. The number of rotatable bonds is 4. The van der Waals surface area contributed by atoms with Crippen LogP contribution in [0, 0.1) is 13.8 Å². The molecule has 1 heterocycles. The minimum absolute atomic E-state index is 0.207. The van der Waals surface area contributed by atoms with Gasteiger partial charge in [-0.1, -0.05) is 29.3 Å². The number of sulfonamides is 1. The van der Waals surface area contributed by atoms with Gasteiger partial charge in [-0.05, 0) is 19.4 Å². The standard InChI is InChI=1S/C14H18N2O5S/c1-8-3-9(2)5-10(4-8)13(14(18)19)16-7-11(6-12(16)17)22(15,20)21/h3-5,11,13H,6-7H2,1-2H3,(H,18,19)(H2,15,20,21). The van der Waals surface area contributed by atoms with Crippen LogP contribution in [0.3, 0.4) is 0 Å². The summed E-state index contributed by atoms with van der Waals surface area (Å²) in [7, 11) is -3.88. The van der Waals surface area contributed by atoms with E-state index >= 15 is 0 Å². The molecule has 1 saturated heterocycles. The van der Waals surface area contributed by atoms with Gasteiger partial charge >= 0.3 is 5.97 Å². The quantitative estimate of drug-likeness (QED) is 0.826. The van der Waals surface area contributed by atoms with Crippen molar-refractivity contribution in [2.45, 2.75) is 31.6 Å². The minimum atomic E-state index is -3.88. The smallest absolute Gasteiger partial charge is 0.331 e. The second-order valence-corrected chi connectivity index (χ2v) is 7.47. The summed E-state index contributed by atoms with van der Waals surface area (Å²) >= 11 is 0. The van der Waals surface area contributed by atoms with Crippen LogP contribution >= 0.6 is 0 Å². The molecule has 8 heteroatoms. The SMILES string of the molecule is Cc1cc(C)cc(C(C(=O)O)N2CC(S(N)(=O)=O)CC2=O)c1. The highest BCUT2D eigenvalue weighted by atomic mass is 32.2. The lowest BCUT2D eigenvalue weighted by molar-refractivity contribution is -0.148. The Morgan fingerprint density at radius 1 is 1.32 bits per heavy atom. The lowest BCUT2D eigenvalue weighted by Gasteiger charge is -2.25. The zero-order valence-corrected chi connectivity index (χ0v) is 13.1. The molecule has 0 radical (unpaired) electrons. The van der Waals surface area contributed by atoms with Gasteiger partial charge in [-0.25, -0.2) is 18.4 Å². The van der Waals surface area contributed by atoms with Gasteiger partial charge in [0.05, 0.1) is 0 Å². The minimum Gasteiger partial charge on any atom is -0.479 e.